The molecule has 11 heteroatoms. The molecule has 1 saturated carbocycles. The number of aromatic nitrogens is 2. The van der Waals surface area contributed by atoms with Crippen LogP contribution in [0.2, 0.25) is 0 Å². The van der Waals surface area contributed by atoms with Crippen molar-refractivity contribution < 1.29 is 23.2 Å². The molecule has 2 aromatic carbocycles. The van der Waals surface area contributed by atoms with Crippen LogP contribution in [-0.2, 0) is 9.59 Å². The molecule has 5 rings (SSSR count). The monoisotopic (exact) mass is 564 g/mol. The number of hydrogen-bond donors (Lipinski definition) is 3. The number of nitrogens with two attached hydrogens (primary N) is 1. The number of nitrogens with one attached hydrogen (secondary N) is 2. The number of alkyl halides is 1. The van der Waals surface area contributed by atoms with Crippen molar-refractivity contribution in [3.05, 3.63) is 83.9 Å². The number of benzene rings is 2. The van der Waals surface area contributed by atoms with E-state index >= 15 is 0 Å². The zero-order valence-electron chi connectivity index (χ0n) is 22.6. The normalized spacial score (nSPS) is 20.3. The van der Waals surface area contributed by atoms with Gasteiger partial charge in [0.15, 0.2) is 5.67 Å². The molecular weight excluding hydrogens is 530 g/mol. The summed E-state index contributed by atoms with van der Waals surface area (Å²) in [7, 11) is 0. The van der Waals surface area contributed by atoms with Crippen molar-refractivity contribution in [3.8, 4) is 5.69 Å². The molecule has 2 heterocycles. The van der Waals surface area contributed by atoms with Crippen molar-refractivity contribution in [2.45, 2.75) is 55.8 Å². The van der Waals surface area contributed by atoms with Gasteiger partial charge in [-0.3, -0.25) is 14.4 Å². The highest BCUT2D eigenvalue weighted by Crippen LogP contribution is 2.40. The summed E-state index contributed by atoms with van der Waals surface area (Å²) in [4.78, 5) is 39.6. The first kappa shape index (κ1) is 28.4. The number of hydrogen-bond acceptors (Lipinski definition) is 5. The zero-order chi connectivity index (χ0) is 29.0. The van der Waals surface area contributed by atoms with Crippen LogP contribution in [0.15, 0.2) is 67.0 Å². The topological polar surface area (TPSA) is 122 Å². The highest BCUT2D eigenvalue weighted by Gasteiger charge is 2.42. The second kappa shape index (κ2) is 12.2. The maximum atomic E-state index is 14.7. The molecule has 0 radical (unpaired) electrons. The van der Waals surface area contributed by atoms with E-state index < -0.39 is 23.5 Å². The Hall–Kier alpha value is -4.12. The van der Waals surface area contributed by atoms with E-state index in [1.54, 1.807) is 59.5 Å². The summed E-state index contributed by atoms with van der Waals surface area (Å²) in [6.07, 6.45) is 5.07. The van der Waals surface area contributed by atoms with Gasteiger partial charge in [-0.25, -0.2) is 13.5 Å². The smallest absolute Gasteiger partial charge is 0.255 e. The lowest BCUT2D eigenvalue weighted by atomic mass is 9.92. The largest absolute Gasteiger partial charge is 0.367 e. The number of piperidine rings is 1. The standard InChI is InChI=1S/C30H34F2N6O3/c31-22-8-4-20(5-9-22)24-19-26(24)34-14-1-3-25(28(40)37-17-12-30(32,13-18-37)29(33)41)36-27(39)21-6-10-23(11-7-21)38-16-2-15-35-38/h2,4-11,15-16,24-26,34H,1,3,12-14,17-19H2,(H2,33,41)(H,36,39)/t24-,25-,26+/m0/s1. The quantitative estimate of drug-likeness (QED) is 0.309. The van der Waals surface area contributed by atoms with E-state index in [1.165, 1.54) is 17.0 Å². The second-order valence-electron chi connectivity index (χ2n) is 10.8. The van der Waals surface area contributed by atoms with Crippen molar-refractivity contribution in [2.75, 3.05) is 19.6 Å². The predicted octanol–water partition coefficient (Wildman–Crippen LogP) is 2.85. The Morgan fingerprint density at radius 3 is 2.41 bits per heavy atom. The van der Waals surface area contributed by atoms with Gasteiger partial charge >= 0.3 is 0 Å². The van der Waals surface area contributed by atoms with Crippen LogP contribution < -0.4 is 16.4 Å². The summed E-state index contributed by atoms with van der Waals surface area (Å²) in [6.45, 7) is 0.724. The molecule has 3 amide bonds. The van der Waals surface area contributed by atoms with Crippen LogP contribution in [0.3, 0.4) is 0 Å². The lowest BCUT2D eigenvalue weighted by Crippen LogP contribution is -2.55. The number of rotatable bonds is 11. The van der Waals surface area contributed by atoms with Crippen LogP contribution in [0.4, 0.5) is 8.78 Å². The molecule has 0 unspecified atom stereocenters. The fourth-order valence-corrected chi connectivity index (χ4v) is 5.33. The molecule has 0 spiro atoms. The average Bonchev–Trinajstić information content (AvgIpc) is 3.53. The molecule has 1 aromatic heterocycles. The lowest BCUT2D eigenvalue weighted by molar-refractivity contribution is -0.141. The number of carbonyl (C=O) groups excluding carboxylic acids is 3. The molecule has 9 nitrogen and oxygen atoms in total. The molecule has 3 atom stereocenters. The molecule has 1 aliphatic carbocycles. The minimum absolute atomic E-state index is 0.0445. The van der Waals surface area contributed by atoms with Gasteiger partial charge in [-0.1, -0.05) is 12.1 Å². The molecule has 1 saturated heterocycles. The van der Waals surface area contributed by atoms with Gasteiger partial charge in [-0.15, -0.1) is 0 Å². The summed E-state index contributed by atoms with van der Waals surface area (Å²) in [5.41, 5.74) is 5.37. The molecule has 3 aromatic rings. The molecule has 4 N–H and O–H groups in total. The highest BCUT2D eigenvalue weighted by molar-refractivity contribution is 5.97. The maximum absolute atomic E-state index is 14.7. The van der Waals surface area contributed by atoms with E-state index in [2.05, 4.69) is 15.7 Å². The third-order valence-corrected chi connectivity index (χ3v) is 7.98. The fourth-order valence-electron chi connectivity index (χ4n) is 5.33. The number of primary amides is 1. The van der Waals surface area contributed by atoms with E-state index in [0.717, 1.165) is 17.7 Å². The van der Waals surface area contributed by atoms with Gasteiger partial charge in [0, 0.05) is 55.8 Å². The van der Waals surface area contributed by atoms with Gasteiger partial charge < -0.3 is 21.3 Å². The van der Waals surface area contributed by atoms with Crippen LogP contribution >= 0.6 is 0 Å². The Morgan fingerprint density at radius 1 is 1.07 bits per heavy atom. The predicted molar refractivity (Wildman–Crippen MR) is 148 cm³/mol. The summed E-state index contributed by atoms with van der Waals surface area (Å²) >= 11 is 0. The number of likely N-dealkylation sites (tertiary alicyclic amines) is 1. The van der Waals surface area contributed by atoms with E-state index in [4.69, 9.17) is 5.73 Å². The summed E-state index contributed by atoms with van der Waals surface area (Å²) in [6, 6.07) is 14.7. The first-order valence-corrected chi connectivity index (χ1v) is 13.9. The van der Waals surface area contributed by atoms with Gasteiger partial charge in [0.1, 0.15) is 11.9 Å². The Bertz CT molecular complexity index is 1360. The second-order valence-corrected chi connectivity index (χ2v) is 10.8. The van der Waals surface area contributed by atoms with E-state index in [-0.39, 0.29) is 43.7 Å². The molecule has 0 bridgehead atoms. The fraction of sp³-hybridized carbons (Fsp3) is 0.400. The van der Waals surface area contributed by atoms with Gasteiger partial charge in [0.25, 0.3) is 11.8 Å². The molecular formula is C30H34F2N6O3. The number of carbonyl (C=O) groups is 3. The summed E-state index contributed by atoms with van der Waals surface area (Å²) in [5, 5.41) is 10.5. The van der Waals surface area contributed by atoms with Crippen molar-refractivity contribution >= 4 is 17.7 Å². The SMILES string of the molecule is NC(=O)C1(F)CCN(C(=O)[C@H](CCCN[C@@H]2C[C@H]2c2ccc(F)cc2)NC(=O)c2ccc(-n3cccn3)cc2)CC1. The van der Waals surface area contributed by atoms with E-state index in [0.29, 0.717) is 30.9 Å². The molecule has 41 heavy (non-hydrogen) atoms. The number of halogens is 2. The first-order chi connectivity index (χ1) is 19.7. The Balaban J connectivity index is 1.19. The van der Waals surface area contributed by atoms with Crippen LogP contribution in [-0.4, -0.2) is 69.8 Å². The van der Waals surface area contributed by atoms with Crippen LogP contribution in [0.1, 0.15) is 53.9 Å². The summed E-state index contributed by atoms with van der Waals surface area (Å²) < 4.78 is 29.6. The Labute approximate surface area is 237 Å². The van der Waals surface area contributed by atoms with Gasteiger partial charge in [0.2, 0.25) is 5.91 Å². The zero-order valence-corrected chi connectivity index (χ0v) is 22.6. The maximum Gasteiger partial charge on any atom is 0.255 e. The van der Waals surface area contributed by atoms with Gasteiger partial charge in [-0.2, -0.15) is 5.10 Å². The Morgan fingerprint density at radius 2 is 1.78 bits per heavy atom. The van der Waals surface area contributed by atoms with Crippen molar-refractivity contribution in [1.29, 1.82) is 0 Å². The van der Waals surface area contributed by atoms with Crippen molar-refractivity contribution in [3.63, 3.8) is 0 Å². The molecule has 2 aliphatic rings. The Kier molecular flexibility index (Phi) is 8.44. The van der Waals surface area contributed by atoms with Crippen LogP contribution in [0.5, 0.6) is 0 Å². The third kappa shape index (κ3) is 6.79. The highest BCUT2D eigenvalue weighted by atomic mass is 19.1. The average molecular weight is 565 g/mol. The number of nitrogens with zero attached hydrogens (tertiary/aromatic N) is 3. The van der Waals surface area contributed by atoms with Gasteiger partial charge in [-0.05, 0) is 73.8 Å². The van der Waals surface area contributed by atoms with Crippen LogP contribution in [0, 0.1) is 5.82 Å². The lowest BCUT2D eigenvalue weighted by Gasteiger charge is -2.36. The molecule has 2 fully saturated rings. The van der Waals surface area contributed by atoms with Crippen LogP contribution in [0.25, 0.3) is 5.69 Å². The molecule has 216 valence electrons. The van der Waals surface area contributed by atoms with E-state index in [9.17, 15) is 23.2 Å². The minimum atomic E-state index is -2.12. The molecule has 1 aliphatic heterocycles. The van der Waals surface area contributed by atoms with Gasteiger partial charge in [0.05, 0.1) is 5.69 Å². The summed E-state index contributed by atoms with van der Waals surface area (Å²) in [5.74, 6) is -1.65. The number of amides is 3. The third-order valence-electron chi connectivity index (χ3n) is 7.98. The van der Waals surface area contributed by atoms with E-state index in [1.807, 2.05) is 0 Å². The van der Waals surface area contributed by atoms with Crippen molar-refractivity contribution in [2.24, 2.45) is 5.73 Å². The van der Waals surface area contributed by atoms with Crippen molar-refractivity contribution in [1.82, 2.24) is 25.3 Å². The first-order valence-electron chi connectivity index (χ1n) is 13.9. The minimum Gasteiger partial charge on any atom is -0.367 e.